The molecule has 0 saturated heterocycles. The maximum Gasteiger partial charge on any atom is 0.148 e. The fraction of sp³-hybridized carbons (Fsp3) is 0.385. The van der Waals surface area contributed by atoms with Gasteiger partial charge < -0.3 is 5.32 Å². The second-order valence-corrected chi connectivity index (χ2v) is 5.02. The minimum atomic E-state index is 0.833. The van der Waals surface area contributed by atoms with Gasteiger partial charge in [-0.15, -0.1) is 11.3 Å². The molecule has 3 nitrogen and oxygen atoms in total. The first kappa shape index (κ1) is 12.0. The summed E-state index contributed by atoms with van der Waals surface area (Å²) in [7, 11) is 0. The van der Waals surface area contributed by atoms with Gasteiger partial charge in [-0.2, -0.15) is 0 Å². The van der Waals surface area contributed by atoms with Gasteiger partial charge in [0.15, 0.2) is 0 Å². The van der Waals surface area contributed by atoms with E-state index >= 15 is 0 Å². The van der Waals surface area contributed by atoms with Crippen LogP contribution in [-0.2, 0) is 13.0 Å². The van der Waals surface area contributed by atoms with Crippen molar-refractivity contribution in [2.45, 2.75) is 33.7 Å². The summed E-state index contributed by atoms with van der Waals surface area (Å²) in [5.41, 5.74) is 3.31. The third-order valence-corrected chi connectivity index (χ3v) is 3.67. The number of nitrogens with one attached hydrogen (secondary N) is 1. The normalized spacial score (nSPS) is 10.5. The highest BCUT2D eigenvalue weighted by Crippen LogP contribution is 2.19. The largest absolute Gasteiger partial charge is 0.364 e. The lowest BCUT2D eigenvalue weighted by Crippen LogP contribution is -2.05. The molecule has 0 aromatic carbocycles. The lowest BCUT2D eigenvalue weighted by molar-refractivity contribution is 1.01. The molecule has 2 heterocycles. The van der Waals surface area contributed by atoms with Crippen molar-refractivity contribution in [2.24, 2.45) is 0 Å². The van der Waals surface area contributed by atoms with E-state index in [1.165, 1.54) is 10.4 Å². The Kier molecular flexibility index (Phi) is 3.74. The predicted octanol–water partition coefficient (Wildman–Crippen LogP) is 3.33. The standard InChI is InChI=1S/C13H17N3S/c1-4-11-5-6-17-12(11)8-15-13-10(3)14-7-9(2)16-13/h5-7H,4,8H2,1-3H3,(H,15,16). The van der Waals surface area contributed by atoms with E-state index in [2.05, 4.69) is 33.7 Å². The van der Waals surface area contributed by atoms with E-state index in [1.54, 1.807) is 17.5 Å². The monoisotopic (exact) mass is 247 g/mol. The Morgan fingerprint density at radius 2 is 2.18 bits per heavy atom. The zero-order valence-corrected chi connectivity index (χ0v) is 11.3. The number of nitrogens with zero attached hydrogens (tertiary/aromatic N) is 2. The molecule has 0 aliphatic carbocycles. The summed E-state index contributed by atoms with van der Waals surface area (Å²) in [4.78, 5) is 10.1. The van der Waals surface area contributed by atoms with E-state index in [4.69, 9.17) is 0 Å². The van der Waals surface area contributed by atoms with Crippen molar-refractivity contribution in [3.05, 3.63) is 39.5 Å². The summed E-state index contributed by atoms with van der Waals surface area (Å²) in [6.07, 6.45) is 2.88. The number of aromatic nitrogens is 2. The van der Waals surface area contributed by atoms with E-state index in [0.29, 0.717) is 0 Å². The highest BCUT2D eigenvalue weighted by molar-refractivity contribution is 7.10. The van der Waals surface area contributed by atoms with Crippen molar-refractivity contribution < 1.29 is 0 Å². The lowest BCUT2D eigenvalue weighted by Gasteiger charge is -2.08. The fourth-order valence-electron chi connectivity index (χ4n) is 1.71. The molecular weight excluding hydrogens is 230 g/mol. The third kappa shape index (κ3) is 2.82. The van der Waals surface area contributed by atoms with Crippen molar-refractivity contribution in [3.63, 3.8) is 0 Å². The molecule has 0 amide bonds. The SMILES string of the molecule is CCc1ccsc1CNc1nc(C)cnc1C. The molecule has 2 aromatic heterocycles. The Balaban J connectivity index is 2.09. The molecule has 0 aliphatic rings. The zero-order valence-electron chi connectivity index (χ0n) is 10.4. The van der Waals surface area contributed by atoms with Crippen LogP contribution < -0.4 is 5.32 Å². The zero-order chi connectivity index (χ0) is 12.3. The highest BCUT2D eigenvalue weighted by Gasteiger charge is 2.05. The summed E-state index contributed by atoms with van der Waals surface area (Å²) in [6, 6.07) is 2.19. The first-order valence-electron chi connectivity index (χ1n) is 5.80. The minimum absolute atomic E-state index is 0.833. The van der Waals surface area contributed by atoms with Gasteiger partial charge in [0.05, 0.1) is 17.9 Å². The van der Waals surface area contributed by atoms with Crippen LogP contribution >= 0.6 is 11.3 Å². The summed E-state index contributed by atoms with van der Waals surface area (Å²) in [5.74, 6) is 0.889. The molecule has 0 spiro atoms. The molecular formula is C13H17N3S. The van der Waals surface area contributed by atoms with Gasteiger partial charge in [0.2, 0.25) is 0 Å². The molecule has 0 bridgehead atoms. The van der Waals surface area contributed by atoms with Crippen molar-refractivity contribution in [1.29, 1.82) is 0 Å². The first-order valence-corrected chi connectivity index (χ1v) is 6.68. The molecule has 17 heavy (non-hydrogen) atoms. The molecule has 0 radical (unpaired) electrons. The average molecular weight is 247 g/mol. The van der Waals surface area contributed by atoms with Gasteiger partial charge in [0.1, 0.15) is 5.82 Å². The summed E-state index contributed by atoms with van der Waals surface area (Å²) < 4.78 is 0. The van der Waals surface area contributed by atoms with E-state index in [9.17, 15) is 0 Å². The summed E-state index contributed by atoms with van der Waals surface area (Å²) >= 11 is 1.79. The van der Waals surface area contributed by atoms with Crippen LogP contribution in [0.3, 0.4) is 0 Å². The van der Waals surface area contributed by atoms with Crippen LogP contribution in [0.25, 0.3) is 0 Å². The molecule has 0 fully saturated rings. The topological polar surface area (TPSA) is 37.8 Å². The predicted molar refractivity (Wildman–Crippen MR) is 72.5 cm³/mol. The Hall–Kier alpha value is -1.42. The number of anilines is 1. The van der Waals surface area contributed by atoms with E-state index in [1.807, 2.05) is 13.8 Å². The fourth-order valence-corrected chi connectivity index (χ4v) is 2.62. The maximum atomic E-state index is 4.46. The second kappa shape index (κ2) is 5.27. The van der Waals surface area contributed by atoms with Crippen molar-refractivity contribution in [2.75, 3.05) is 5.32 Å². The van der Waals surface area contributed by atoms with E-state index < -0.39 is 0 Å². The van der Waals surface area contributed by atoms with Crippen LogP contribution in [0.1, 0.15) is 28.8 Å². The number of rotatable bonds is 4. The van der Waals surface area contributed by atoms with Gasteiger partial charge in [-0.25, -0.2) is 4.98 Å². The van der Waals surface area contributed by atoms with Gasteiger partial charge in [-0.3, -0.25) is 4.98 Å². The average Bonchev–Trinajstić information content (AvgIpc) is 2.77. The number of thiophene rings is 1. The molecule has 4 heteroatoms. The van der Waals surface area contributed by atoms with Crippen LogP contribution in [0.4, 0.5) is 5.82 Å². The molecule has 2 rings (SSSR count). The molecule has 0 saturated carbocycles. The summed E-state index contributed by atoms with van der Waals surface area (Å²) in [5, 5.41) is 5.51. The Morgan fingerprint density at radius 3 is 2.94 bits per heavy atom. The second-order valence-electron chi connectivity index (χ2n) is 4.02. The smallest absolute Gasteiger partial charge is 0.148 e. The van der Waals surface area contributed by atoms with Crippen molar-refractivity contribution in [1.82, 2.24) is 9.97 Å². The number of hydrogen-bond acceptors (Lipinski definition) is 4. The van der Waals surface area contributed by atoms with Crippen molar-refractivity contribution in [3.8, 4) is 0 Å². The van der Waals surface area contributed by atoms with Gasteiger partial charge in [-0.1, -0.05) is 6.92 Å². The third-order valence-electron chi connectivity index (χ3n) is 2.71. The van der Waals surface area contributed by atoms with Crippen LogP contribution in [0, 0.1) is 13.8 Å². The van der Waals surface area contributed by atoms with Gasteiger partial charge in [0, 0.05) is 11.1 Å². The highest BCUT2D eigenvalue weighted by atomic mass is 32.1. The van der Waals surface area contributed by atoms with Crippen LogP contribution in [-0.4, -0.2) is 9.97 Å². The maximum absolute atomic E-state index is 4.46. The molecule has 90 valence electrons. The van der Waals surface area contributed by atoms with Crippen LogP contribution in [0.2, 0.25) is 0 Å². The van der Waals surface area contributed by atoms with Gasteiger partial charge >= 0.3 is 0 Å². The summed E-state index contributed by atoms with van der Waals surface area (Å²) in [6.45, 7) is 6.95. The Morgan fingerprint density at radius 1 is 1.35 bits per heavy atom. The number of hydrogen-bond donors (Lipinski definition) is 1. The van der Waals surface area contributed by atoms with Crippen molar-refractivity contribution >= 4 is 17.2 Å². The Bertz CT molecular complexity index is 505. The minimum Gasteiger partial charge on any atom is -0.364 e. The number of aryl methyl sites for hydroxylation is 3. The molecule has 2 aromatic rings. The first-order chi connectivity index (χ1) is 8.20. The molecule has 1 N–H and O–H groups in total. The van der Waals surface area contributed by atoms with E-state index in [-0.39, 0.29) is 0 Å². The Labute approximate surface area is 106 Å². The van der Waals surface area contributed by atoms with E-state index in [0.717, 1.165) is 30.2 Å². The van der Waals surface area contributed by atoms with Gasteiger partial charge in [0.25, 0.3) is 0 Å². The lowest BCUT2D eigenvalue weighted by atomic mass is 10.2. The van der Waals surface area contributed by atoms with Crippen LogP contribution in [0.5, 0.6) is 0 Å². The van der Waals surface area contributed by atoms with Crippen LogP contribution in [0.15, 0.2) is 17.6 Å². The molecule has 0 aliphatic heterocycles. The molecule has 0 atom stereocenters. The molecule has 0 unspecified atom stereocenters. The van der Waals surface area contributed by atoms with Gasteiger partial charge in [-0.05, 0) is 37.3 Å². The quantitative estimate of drug-likeness (QED) is 0.900.